The van der Waals surface area contributed by atoms with Crippen molar-refractivity contribution in [1.29, 1.82) is 0 Å². The molecule has 0 spiro atoms. The number of benzene rings is 2. The number of ether oxygens (including phenoxy) is 1. The number of amides is 1. The molecule has 4 aromatic rings. The van der Waals surface area contributed by atoms with E-state index < -0.39 is 6.04 Å². The first-order valence-electron chi connectivity index (χ1n) is 13.0. The Morgan fingerprint density at radius 2 is 1.95 bits per heavy atom. The van der Waals surface area contributed by atoms with Gasteiger partial charge in [0.25, 0.3) is 0 Å². The Morgan fingerprint density at radius 3 is 2.64 bits per heavy atom. The van der Waals surface area contributed by atoms with E-state index in [2.05, 4.69) is 15.2 Å². The van der Waals surface area contributed by atoms with Crippen LogP contribution < -0.4 is 19.9 Å². The second-order valence-electron chi connectivity index (χ2n) is 9.94. The molecule has 1 fully saturated rings. The Bertz CT molecular complexity index is 1550. The molecular weight excluding hydrogens is 497 g/mol. The Hall–Kier alpha value is -4.47. The topological polar surface area (TPSA) is 88.4 Å². The number of anilines is 4. The third-order valence-corrected chi connectivity index (χ3v) is 7.59. The zero-order valence-corrected chi connectivity index (χ0v) is 22.3. The molecule has 39 heavy (non-hydrogen) atoms. The lowest BCUT2D eigenvalue weighted by molar-refractivity contribution is -0.120. The van der Waals surface area contributed by atoms with Gasteiger partial charge in [-0.25, -0.2) is 14.4 Å². The predicted octanol–water partition coefficient (Wildman–Crippen LogP) is 4.76. The second kappa shape index (κ2) is 9.68. The van der Waals surface area contributed by atoms with Crippen LogP contribution in [0.4, 0.5) is 27.5 Å². The molecule has 2 aliphatic heterocycles. The zero-order chi connectivity index (χ0) is 27.3. The van der Waals surface area contributed by atoms with Crippen LogP contribution in [-0.4, -0.2) is 52.2 Å². The van der Waals surface area contributed by atoms with Gasteiger partial charge >= 0.3 is 0 Å². The lowest BCUT2D eigenvalue weighted by atomic mass is 9.90. The van der Waals surface area contributed by atoms with E-state index in [4.69, 9.17) is 14.7 Å². The van der Waals surface area contributed by atoms with Gasteiger partial charge in [-0.2, -0.15) is 4.98 Å². The van der Waals surface area contributed by atoms with E-state index in [1.807, 2.05) is 42.8 Å². The van der Waals surface area contributed by atoms with Gasteiger partial charge in [0.05, 0.1) is 30.5 Å². The summed E-state index contributed by atoms with van der Waals surface area (Å²) < 4.78 is 21.2. The van der Waals surface area contributed by atoms with Crippen LogP contribution in [0.3, 0.4) is 0 Å². The van der Waals surface area contributed by atoms with Gasteiger partial charge in [0.15, 0.2) is 5.82 Å². The molecule has 9 nitrogen and oxygen atoms in total. The number of halogens is 1. The van der Waals surface area contributed by atoms with Crippen molar-refractivity contribution in [3.05, 3.63) is 77.8 Å². The number of carbonyl (C=O) groups excluding carboxylic acids is 1. The van der Waals surface area contributed by atoms with Crippen LogP contribution in [0, 0.1) is 12.7 Å². The summed E-state index contributed by atoms with van der Waals surface area (Å²) in [5, 5.41) is 3.34. The Morgan fingerprint density at radius 1 is 1.15 bits per heavy atom. The van der Waals surface area contributed by atoms with Gasteiger partial charge in [-0.1, -0.05) is 19.1 Å². The number of carbonyl (C=O) groups is 1. The van der Waals surface area contributed by atoms with E-state index >= 15 is 0 Å². The number of hydrogen-bond acceptors (Lipinski definition) is 7. The standard InChI is InChI=1S/C29H30FN7O2/c1-5-22-26-27(37-13-12-21(25(37)28(38)35(26)3)18-6-8-19(30)9-7-18)34-29(33-22)32-20-10-11-23(24(14-20)39-4)36-15-17(2)31-16-36/h6-11,14-16,21,25H,5,12-13H2,1-4H3,(H,32,33,34)/t21-,25+/m0/s1. The highest BCUT2D eigenvalue weighted by atomic mass is 19.1. The number of nitrogens with zero attached hydrogens (tertiary/aromatic N) is 6. The van der Waals surface area contributed by atoms with Crippen molar-refractivity contribution in [2.24, 2.45) is 0 Å². The molecule has 0 aliphatic carbocycles. The van der Waals surface area contributed by atoms with Gasteiger partial charge in [0.1, 0.15) is 23.3 Å². The molecule has 4 heterocycles. The van der Waals surface area contributed by atoms with Crippen LogP contribution in [0.1, 0.15) is 36.2 Å². The van der Waals surface area contributed by atoms with Crippen molar-refractivity contribution >= 4 is 29.0 Å². The predicted molar refractivity (Wildman–Crippen MR) is 148 cm³/mol. The molecule has 2 aliphatic rings. The van der Waals surface area contributed by atoms with Gasteiger partial charge in [-0.3, -0.25) is 4.79 Å². The lowest BCUT2D eigenvalue weighted by Crippen LogP contribution is -2.51. The van der Waals surface area contributed by atoms with Gasteiger partial charge in [0.2, 0.25) is 11.9 Å². The molecule has 0 bridgehead atoms. The smallest absolute Gasteiger partial charge is 0.250 e. The summed E-state index contributed by atoms with van der Waals surface area (Å²) in [4.78, 5) is 31.4. The molecular formula is C29H30FN7O2. The van der Waals surface area contributed by atoms with Gasteiger partial charge in [0, 0.05) is 37.5 Å². The van der Waals surface area contributed by atoms with E-state index in [9.17, 15) is 9.18 Å². The molecule has 0 unspecified atom stereocenters. The number of nitrogens with one attached hydrogen (secondary N) is 1. The van der Waals surface area contributed by atoms with E-state index in [0.717, 1.165) is 46.3 Å². The number of likely N-dealkylation sites (N-methyl/N-ethyl adjacent to an activating group) is 1. The fourth-order valence-corrected chi connectivity index (χ4v) is 5.69. The maximum absolute atomic E-state index is 13.6. The summed E-state index contributed by atoms with van der Waals surface area (Å²) in [7, 11) is 3.42. The van der Waals surface area contributed by atoms with Crippen molar-refractivity contribution in [3.8, 4) is 11.4 Å². The third-order valence-electron chi connectivity index (χ3n) is 7.59. The highest BCUT2D eigenvalue weighted by molar-refractivity contribution is 6.06. The molecule has 2 aromatic heterocycles. The number of imidazole rings is 1. The molecule has 1 amide bonds. The van der Waals surface area contributed by atoms with Crippen molar-refractivity contribution in [2.75, 3.05) is 35.8 Å². The normalized spacial score (nSPS) is 18.2. The van der Waals surface area contributed by atoms with Crippen molar-refractivity contribution in [3.63, 3.8) is 0 Å². The second-order valence-corrected chi connectivity index (χ2v) is 9.94. The summed E-state index contributed by atoms with van der Waals surface area (Å²) in [5.74, 6) is 1.53. The fourth-order valence-electron chi connectivity index (χ4n) is 5.69. The van der Waals surface area contributed by atoms with Crippen LogP contribution in [0.5, 0.6) is 5.75 Å². The van der Waals surface area contributed by atoms with Crippen LogP contribution in [0.15, 0.2) is 55.0 Å². The molecule has 6 rings (SSSR count). The number of aromatic nitrogens is 4. The molecule has 1 N–H and O–H groups in total. The maximum Gasteiger partial charge on any atom is 0.250 e. The summed E-state index contributed by atoms with van der Waals surface area (Å²) in [6.07, 6.45) is 5.10. The number of rotatable bonds is 6. The van der Waals surface area contributed by atoms with Crippen molar-refractivity contribution in [1.82, 2.24) is 19.5 Å². The molecule has 2 atom stereocenters. The lowest BCUT2D eigenvalue weighted by Gasteiger charge is -2.39. The number of hydrogen-bond donors (Lipinski definition) is 1. The van der Waals surface area contributed by atoms with E-state index in [0.29, 0.717) is 24.7 Å². The maximum atomic E-state index is 13.6. The average molecular weight is 528 g/mol. The highest BCUT2D eigenvalue weighted by Gasteiger charge is 2.47. The number of fused-ring (bicyclic) bond motifs is 3. The van der Waals surface area contributed by atoms with Gasteiger partial charge < -0.3 is 24.4 Å². The number of methoxy groups -OCH3 is 1. The molecule has 0 radical (unpaired) electrons. The summed E-state index contributed by atoms with van der Waals surface area (Å²) in [6.45, 7) is 4.63. The molecule has 200 valence electrons. The van der Waals surface area contributed by atoms with Gasteiger partial charge in [-0.15, -0.1) is 0 Å². The Balaban J connectivity index is 1.36. The minimum absolute atomic E-state index is 0.00315. The third kappa shape index (κ3) is 4.25. The minimum Gasteiger partial charge on any atom is -0.494 e. The molecule has 1 saturated heterocycles. The first-order valence-corrected chi connectivity index (χ1v) is 13.0. The Kier molecular flexibility index (Phi) is 6.17. The largest absolute Gasteiger partial charge is 0.494 e. The minimum atomic E-state index is -0.404. The quantitative estimate of drug-likeness (QED) is 0.387. The summed E-state index contributed by atoms with van der Waals surface area (Å²) in [5.41, 5.74) is 5.05. The first kappa shape index (κ1) is 24.8. The first-order chi connectivity index (χ1) is 18.9. The fraction of sp³-hybridized carbons (Fsp3) is 0.310. The molecule has 0 saturated carbocycles. The van der Waals surface area contributed by atoms with E-state index in [-0.39, 0.29) is 17.6 Å². The number of aryl methyl sites for hydroxylation is 2. The Labute approximate surface area is 226 Å². The van der Waals surface area contributed by atoms with Crippen LogP contribution in [0.25, 0.3) is 5.69 Å². The van der Waals surface area contributed by atoms with E-state index in [1.165, 1.54) is 12.1 Å². The SMILES string of the molecule is CCc1nc(Nc2ccc(-n3cnc(C)c3)c(OC)c2)nc2c1N(C)C(=O)[C@H]1[C@H](c3ccc(F)cc3)CCN21. The van der Waals surface area contributed by atoms with Crippen molar-refractivity contribution < 1.29 is 13.9 Å². The van der Waals surface area contributed by atoms with Gasteiger partial charge in [-0.05, 0) is 49.6 Å². The molecule has 10 heteroatoms. The van der Waals surface area contributed by atoms with Crippen LogP contribution in [0.2, 0.25) is 0 Å². The van der Waals surface area contributed by atoms with Crippen LogP contribution >= 0.6 is 0 Å². The monoisotopic (exact) mass is 527 g/mol. The van der Waals surface area contributed by atoms with E-state index in [1.54, 1.807) is 37.5 Å². The summed E-state index contributed by atoms with van der Waals surface area (Å²) in [6, 6.07) is 11.9. The average Bonchev–Trinajstić information content (AvgIpc) is 3.58. The zero-order valence-electron chi connectivity index (χ0n) is 22.3. The van der Waals surface area contributed by atoms with Crippen LogP contribution in [-0.2, 0) is 11.2 Å². The molecule has 2 aromatic carbocycles. The highest BCUT2D eigenvalue weighted by Crippen LogP contribution is 2.45. The van der Waals surface area contributed by atoms with Crippen molar-refractivity contribution in [2.45, 2.75) is 38.6 Å². The summed E-state index contributed by atoms with van der Waals surface area (Å²) >= 11 is 0.